The SMILES string of the molecule is Cc1ccc(-c2ccc(CCc3n[nH]c(Cc4cccc(Cl)c4)c3C(N)=O)o2)cc1. The molecule has 0 unspecified atom stereocenters. The predicted octanol–water partition coefficient (Wildman–Crippen LogP) is 5.11. The third-order valence-corrected chi connectivity index (χ3v) is 5.27. The molecule has 0 bridgehead atoms. The van der Waals surface area contributed by atoms with E-state index in [0.717, 1.165) is 22.6 Å². The number of carbonyl (C=O) groups is 1. The monoisotopic (exact) mass is 419 g/mol. The number of H-pyrrole nitrogens is 1. The van der Waals surface area contributed by atoms with Gasteiger partial charge in [-0.15, -0.1) is 0 Å². The average molecular weight is 420 g/mol. The number of nitrogens with zero attached hydrogens (tertiary/aromatic N) is 1. The maximum Gasteiger partial charge on any atom is 0.252 e. The summed E-state index contributed by atoms with van der Waals surface area (Å²) in [6.45, 7) is 2.05. The lowest BCUT2D eigenvalue weighted by atomic mass is 10.0. The molecule has 3 N–H and O–H groups in total. The molecule has 0 aliphatic heterocycles. The Labute approximate surface area is 179 Å². The van der Waals surface area contributed by atoms with Crippen LogP contribution >= 0.6 is 11.6 Å². The van der Waals surface area contributed by atoms with Crippen molar-refractivity contribution in [3.63, 3.8) is 0 Å². The Balaban J connectivity index is 1.49. The van der Waals surface area contributed by atoms with Crippen molar-refractivity contribution >= 4 is 17.5 Å². The third kappa shape index (κ3) is 4.47. The number of hydrogen-bond acceptors (Lipinski definition) is 3. The Bertz CT molecular complexity index is 1180. The van der Waals surface area contributed by atoms with Gasteiger partial charge in [0.15, 0.2) is 0 Å². The summed E-state index contributed by atoms with van der Waals surface area (Å²) in [6.07, 6.45) is 1.67. The van der Waals surface area contributed by atoms with E-state index < -0.39 is 5.91 Å². The normalized spacial score (nSPS) is 11.0. The molecular weight excluding hydrogens is 398 g/mol. The van der Waals surface area contributed by atoms with E-state index in [1.807, 2.05) is 48.5 Å². The van der Waals surface area contributed by atoms with Crippen molar-refractivity contribution in [1.29, 1.82) is 0 Å². The van der Waals surface area contributed by atoms with E-state index >= 15 is 0 Å². The van der Waals surface area contributed by atoms with Crippen LogP contribution in [0.1, 0.15) is 38.6 Å². The van der Waals surface area contributed by atoms with E-state index in [9.17, 15) is 4.79 Å². The highest BCUT2D eigenvalue weighted by Crippen LogP contribution is 2.24. The summed E-state index contributed by atoms with van der Waals surface area (Å²) in [5.74, 6) is 1.17. The van der Waals surface area contributed by atoms with Crippen molar-refractivity contribution in [3.05, 3.63) is 99.5 Å². The van der Waals surface area contributed by atoms with Crippen LogP contribution in [0.5, 0.6) is 0 Å². The highest BCUT2D eigenvalue weighted by molar-refractivity contribution is 6.30. The van der Waals surface area contributed by atoms with Gasteiger partial charge in [-0.2, -0.15) is 5.10 Å². The summed E-state index contributed by atoms with van der Waals surface area (Å²) in [6, 6.07) is 19.6. The van der Waals surface area contributed by atoms with Gasteiger partial charge in [-0.3, -0.25) is 9.89 Å². The van der Waals surface area contributed by atoms with Crippen molar-refractivity contribution in [2.45, 2.75) is 26.2 Å². The molecular formula is C24H22ClN3O2. The summed E-state index contributed by atoms with van der Waals surface area (Å²) < 4.78 is 5.98. The number of aromatic nitrogens is 2. The van der Waals surface area contributed by atoms with Crippen LogP contribution in [0, 0.1) is 6.92 Å². The molecule has 2 heterocycles. The van der Waals surface area contributed by atoms with E-state index in [-0.39, 0.29) is 0 Å². The fourth-order valence-corrected chi connectivity index (χ4v) is 3.71. The zero-order valence-electron chi connectivity index (χ0n) is 16.6. The summed E-state index contributed by atoms with van der Waals surface area (Å²) in [5.41, 5.74) is 10.7. The number of halogens is 1. The quantitative estimate of drug-likeness (QED) is 0.436. The average Bonchev–Trinajstić information content (AvgIpc) is 3.34. The number of hydrogen-bond donors (Lipinski definition) is 2. The van der Waals surface area contributed by atoms with Gasteiger partial charge in [0.25, 0.3) is 5.91 Å². The van der Waals surface area contributed by atoms with E-state index in [2.05, 4.69) is 29.3 Å². The van der Waals surface area contributed by atoms with Crippen LogP contribution in [0.25, 0.3) is 11.3 Å². The summed E-state index contributed by atoms with van der Waals surface area (Å²) >= 11 is 6.06. The minimum absolute atomic E-state index is 0.445. The zero-order valence-corrected chi connectivity index (χ0v) is 17.4. The number of rotatable bonds is 7. The smallest absolute Gasteiger partial charge is 0.252 e. The molecule has 0 spiro atoms. The first-order chi connectivity index (χ1) is 14.5. The number of aromatic amines is 1. The molecule has 0 saturated heterocycles. The molecule has 2 aromatic carbocycles. The molecule has 4 aromatic rings. The molecule has 0 atom stereocenters. The Morgan fingerprint density at radius 1 is 1.10 bits per heavy atom. The number of primary amides is 1. The second-order valence-corrected chi connectivity index (χ2v) is 7.76. The number of carbonyl (C=O) groups excluding carboxylic acids is 1. The first kappa shape index (κ1) is 20.0. The molecule has 6 heteroatoms. The minimum atomic E-state index is -0.490. The Kier molecular flexibility index (Phi) is 5.72. The van der Waals surface area contributed by atoms with Crippen LogP contribution in [0.4, 0.5) is 0 Å². The van der Waals surface area contributed by atoms with Crippen LogP contribution in [0.15, 0.2) is 65.1 Å². The molecule has 0 saturated carbocycles. The first-order valence-electron chi connectivity index (χ1n) is 9.75. The molecule has 2 aromatic heterocycles. The Hall–Kier alpha value is -3.31. The van der Waals surface area contributed by atoms with Gasteiger partial charge in [-0.25, -0.2) is 0 Å². The third-order valence-electron chi connectivity index (χ3n) is 5.04. The lowest BCUT2D eigenvalue weighted by Gasteiger charge is -2.03. The largest absolute Gasteiger partial charge is 0.461 e. The molecule has 0 radical (unpaired) electrons. The van der Waals surface area contributed by atoms with Gasteiger partial charge in [-0.05, 0) is 43.2 Å². The van der Waals surface area contributed by atoms with Crippen LogP contribution in [0.2, 0.25) is 5.02 Å². The Morgan fingerprint density at radius 3 is 2.63 bits per heavy atom. The van der Waals surface area contributed by atoms with Crippen molar-refractivity contribution in [2.24, 2.45) is 5.73 Å². The maximum atomic E-state index is 12.1. The fourth-order valence-electron chi connectivity index (χ4n) is 3.50. The van der Waals surface area contributed by atoms with Gasteiger partial charge in [-0.1, -0.05) is 53.6 Å². The molecule has 1 amide bonds. The van der Waals surface area contributed by atoms with Gasteiger partial charge in [0.2, 0.25) is 0 Å². The molecule has 5 nitrogen and oxygen atoms in total. The molecule has 152 valence electrons. The number of amides is 1. The second-order valence-electron chi connectivity index (χ2n) is 7.33. The van der Waals surface area contributed by atoms with E-state index in [0.29, 0.717) is 41.2 Å². The van der Waals surface area contributed by atoms with Gasteiger partial charge in [0.05, 0.1) is 17.0 Å². The highest BCUT2D eigenvalue weighted by atomic mass is 35.5. The van der Waals surface area contributed by atoms with Crippen molar-refractivity contribution < 1.29 is 9.21 Å². The van der Waals surface area contributed by atoms with Crippen LogP contribution < -0.4 is 5.73 Å². The van der Waals surface area contributed by atoms with Crippen LogP contribution in [0.3, 0.4) is 0 Å². The Morgan fingerprint density at radius 2 is 1.90 bits per heavy atom. The minimum Gasteiger partial charge on any atom is -0.461 e. The highest BCUT2D eigenvalue weighted by Gasteiger charge is 2.19. The second kappa shape index (κ2) is 8.59. The summed E-state index contributed by atoms with van der Waals surface area (Å²) in [7, 11) is 0. The lowest BCUT2D eigenvalue weighted by Crippen LogP contribution is -2.15. The molecule has 30 heavy (non-hydrogen) atoms. The van der Waals surface area contributed by atoms with Gasteiger partial charge >= 0.3 is 0 Å². The number of aryl methyl sites for hydroxylation is 3. The van der Waals surface area contributed by atoms with Gasteiger partial charge in [0.1, 0.15) is 11.5 Å². The number of nitrogens with two attached hydrogens (primary N) is 1. The van der Waals surface area contributed by atoms with Gasteiger partial charge < -0.3 is 10.2 Å². The van der Waals surface area contributed by atoms with Crippen molar-refractivity contribution in [1.82, 2.24) is 10.2 Å². The number of furan rings is 1. The predicted molar refractivity (Wildman–Crippen MR) is 118 cm³/mol. The maximum absolute atomic E-state index is 12.1. The molecule has 4 rings (SSSR count). The van der Waals surface area contributed by atoms with Crippen molar-refractivity contribution in [2.75, 3.05) is 0 Å². The summed E-state index contributed by atoms with van der Waals surface area (Å²) in [5, 5.41) is 7.97. The first-order valence-corrected chi connectivity index (χ1v) is 10.1. The van der Waals surface area contributed by atoms with E-state index in [4.69, 9.17) is 21.8 Å². The molecule has 0 aliphatic rings. The van der Waals surface area contributed by atoms with E-state index in [1.54, 1.807) is 0 Å². The topological polar surface area (TPSA) is 84.9 Å². The number of nitrogens with one attached hydrogen (secondary N) is 1. The van der Waals surface area contributed by atoms with Crippen LogP contribution in [-0.4, -0.2) is 16.1 Å². The molecule has 0 aliphatic carbocycles. The van der Waals surface area contributed by atoms with Gasteiger partial charge in [0, 0.05) is 23.4 Å². The zero-order chi connectivity index (χ0) is 21.1. The lowest BCUT2D eigenvalue weighted by molar-refractivity contribution is 0.0998. The fraction of sp³-hybridized carbons (Fsp3) is 0.167. The standard InChI is InChI=1S/C24H22ClN3O2/c1-15-5-7-17(8-6-15)22-12-10-19(30-22)9-11-20-23(24(26)29)21(28-27-20)14-16-3-2-4-18(25)13-16/h2-8,10,12-13H,9,11,14H2,1H3,(H2,26,29)(H,27,28). The van der Waals surface area contributed by atoms with E-state index in [1.165, 1.54) is 5.56 Å². The summed E-state index contributed by atoms with van der Waals surface area (Å²) in [4.78, 5) is 12.1. The number of benzene rings is 2. The molecule has 0 fully saturated rings. The van der Waals surface area contributed by atoms with Crippen molar-refractivity contribution in [3.8, 4) is 11.3 Å². The van der Waals surface area contributed by atoms with Crippen LogP contribution in [-0.2, 0) is 19.3 Å².